The Morgan fingerprint density at radius 2 is 1.84 bits per heavy atom. The summed E-state index contributed by atoms with van der Waals surface area (Å²) in [6.07, 6.45) is 0.0473. The van der Waals surface area contributed by atoms with E-state index in [1.807, 2.05) is 0 Å². The molecule has 106 valence electrons. The highest BCUT2D eigenvalue weighted by Gasteiger charge is 2.30. The number of halogens is 4. The van der Waals surface area contributed by atoms with Crippen LogP contribution in [0.5, 0.6) is 0 Å². The molecule has 1 fully saturated rings. The molecule has 0 saturated heterocycles. The van der Waals surface area contributed by atoms with Crippen molar-refractivity contribution in [3.8, 4) is 0 Å². The van der Waals surface area contributed by atoms with Crippen molar-refractivity contribution in [2.75, 3.05) is 11.9 Å². The first-order valence-corrected chi connectivity index (χ1v) is 6.94. The van der Waals surface area contributed by atoms with E-state index in [1.165, 1.54) is 12.1 Å². The quantitative estimate of drug-likeness (QED) is 0.780. The van der Waals surface area contributed by atoms with Crippen molar-refractivity contribution in [3.05, 3.63) is 29.8 Å². The normalized spacial score (nSPS) is 24.2. The Hall–Kier alpha value is -0.900. The van der Waals surface area contributed by atoms with Crippen LogP contribution in [0.4, 0.5) is 18.9 Å². The lowest BCUT2D eigenvalue weighted by Crippen LogP contribution is -2.22. The van der Waals surface area contributed by atoms with Crippen LogP contribution in [0.2, 0.25) is 0 Å². The van der Waals surface area contributed by atoms with Crippen LogP contribution in [0.1, 0.15) is 31.2 Å². The number of alkyl halides is 4. The maximum Gasteiger partial charge on any atom is 0.416 e. The molecular formula is C14H17ClF3N. The van der Waals surface area contributed by atoms with Crippen molar-refractivity contribution in [1.82, 2.24) is 0 Å². The molecule has 0 spiro atoms. The van der Waals surface area contributed by atoms with Crippen molar-refractivity contribution in [1.29, 1.82) is 0 Å². The fraction of sp³-hybridized carbons (Fsp3) is 0.571. The molecule has 0 aliphatic heterocycles. The minimum atomic E-state index is -4.27. The summed E-state index contributed by atoms with van der Waals surface area (Å²) in [5, 5.41) is 3.43. The number of hydrogen-bond acceptors (Lipinski definition) is 1. The molecule has 0 amide bonds. The molecule has 2 unspecified atom stereocenters. The lowest BCUT2D eigenvalue weighted by molar-refractivity contribution is -0.137. The van der Waals surface area contributed by atoms with E-state index < -0.39 is 11.7 Å². The van der Waals surface area contributed by atoms with Crippen LogP contribution in [-0.2, 0) is 6.18 Å². The molecule has 1 nitrogen and oxygen atoms in total. The summed E-state index contributed by atoms with van der Waals surface area (Å²) >= 11 is 6.11. The second-order valence-electron chi connectivity index (χ2n) is 5.09. The maximum absolute atomic E-state index is 12.4. The van der Waals surface area contributed by atoms with Gasteiger partial charge in [-0.1, -0.05) is 6.42 Å². The lowest BCUT2D eigenvalue weighted by Gasteiger charge is -2.25. The van der Waals surface area contributed by atoms with Gasteiger partial charge in [-0.25, -0.2) is 0 Å². The van der Waals surface area contributed by atoms with Crippen LogP contribution in [-0.4, -0.2) is 11.9 Å². The number of anilines is 1. The SMILES string of the molecule is FC(F)(F)c1ccc(NCC2CCCC(Cl)C2)cc1. The van der Waals surface area contributed by atoms with Crippen LogP contribution in [0.25, 0.3) is 0 Å². The Bertz CT molecular complexity index is 402. The molecule has 0 heterocycles. The molecule has 5 heteroatoms. The molecular weight excluding hydrogens is 275 g/mol. The van der Waals surface area contributed by atoms with Gasteiger partial charge in [0.15, 0.2) is 0 Å². The first kappa shape index (κ1) is 14.5. The third kappa shape index (κ3) is 4.30. The second-order valence-corrected chi connectivity index (χ2v) is 5.70. The largest absolute Gasteiger partial charge is 0.416 e. The Morgan fingerprint density at radius 3 is 2.42 bits per heavy atom. The van der Waals surface area contributed by atoms with Gasteiger partial charge in [-0.3, -0.25) is 0 Å². The summed E-state index contributed by atoms with van der Waals surface area (Å²) < 4.78 is 37.2. The van der Waals surface area contributed by atoms with Crippen LogP contribution < -0.4 is 5.32 Å². The van der Waals surface area contributed by atoms with Crippen molar-refractivity contribution >= 4 is 17.3 Å². The van der Waals surface area contributed by atoms with E-state index in [1.54, 1.807) is 0 Å². The van der Waals surface area contributed by atoms with Crippen LogP contribution in [0.15, 0.2) is 24.3 Å². The van der Waals surface area contributed by atoms with Gasteiger partial charge in [0.25, 0.3) is 0 Å². The van der Waals surface area contributed by atoms with Gasteiger partial charge in [-0.15, -0.1) is 11.6 Å². The molecule has 0 aromatic heterocycles. The molecule has 1 N–H and O–H groups in total. The molecule has 1 aliphatic rings. The third-order valence-corrected chi connectivity index (χ3v) is 3.92. The molecule has 0 radical (unpaired) electrons. The smallest absolute Gasteiger partial charge is 0.385 e. The zero-order chi connectivity index (χ0) is 13.9. The predicted octanol–water partition coefficient (Wildman–Crippen LogP) is 4.91. The van der Waals surface area contributed by atoms with E-state index in [4.69, 9.17) is 11.6 Å². The minimum Gasteiger partial charge on any atom is -0.385 e. The molecule has 1 aliphatic carbocycles. The van der Waals surface area contributed by atoms with Gasteiger partial charge in [-0.05, 0) is 49.4 Å². The highest BCUT2D eigenvalue weighted by Crippen LogP contribution is 2.30. The maximum atomic E-state index is 12.4. The van der Waals surface area contributed by atoms with Gasteiger partial charge < -0.3 is 5.32 Å². The Kier molecular flexibility index (Phi) is 4.61. The van der Waals surface area contributed by atoms with Crippen LogP contribution in [0, 0.1) is 5.92 Å². The highest BCUT2D eigenvalue weighted by atomic mass is 35.5. The van der Waals surface area contributed by atoms with E-state index in [0.717, 1.165) is 50.0 Å². The molecule has 2 atom stereocenters. The van der Waals surface area contributed by atoms with Gasteiger partial charge in [0.2, 0.25) is 0 Å². The van der Waals surface area contributed by atoms with Gasteiger partial charge in [0, 0.05) is 17.6 Å². The minimum absolute atomic E-state index is 0.244. The summed E-state index contributed by atoms with van der Waals surface area (Å²) in [4.78, 5) is 0. The van der Waals surface area contributed by atoms with Crippen molar-refractivity contribution < 1.29 is 13.2 Å². The molecule has 1 aromatic carbocycles. The first-order valence-electron chi connectivity index (χ1n) is 6.50. The highest BCUT2D eigenvalue weighted by molar-refractivity contribution is 6.20. The Labute approximate surface area is 116 Å². The molecule has 2 rings (SSSR count). The zero-order valence-electron chi connectivity index (χ0n) is 10.5. The number of benzene rings is 1. The molecule has 1 aromatic rings. The van der Waals surface area contributed by atoms with Crippen molar-refractivity contribution in [2.45, 2.75) is 37.2 Å². The van der Waals surface area contributed by atoms with Gasteiger partial charge in [-0.2, -0.15) is 13.2 Å². The average Bonchev–Trinajstić information content (AvgIpc) is 2.36. The molecule has 0 bridgehead atoms. The summed E-state index contributed by atoms with van der Waals surface area (Å²) in [6.45, 7) is 0.772. The predicted molar refractivity (Wildman–Crippen MR) is 71.5 cm³/mol. The average molecular weight is 292 g/mol. The fourth-order valence-electron chi connectivity index (χ4n) is 2.45. The Balaban J connectivity index is 1.86. The number of nitrogens with one attached hydrogen (secondary N) is 1. The third-order valence-electron chi connectivity index (χ3n) is 3.53. The second kappa shape index (κ2) is 6.04. The van der Waals surface area contributed by atoms with Crippen molar-refractivity contribution in [2.24, 2.45) is 5.92 Å². The number of hydrogen-bond donors (Lipinski definition) is 1. The van der Waals surface area contributed by atoms with Gasteiger partial charge in [0.1, 0.15) is 0 Å². The van der Waals surface area contributed by atoms with E-state index in [-0.39, 0.29) is 5.38 Å². The molecule has 1 saturated carbocycles. The summed E-state index contributed by atoms with van der Waals surface area (Å²) in [5.74, 6) is 0.513. The standard InChI is InChI=1S/C14H17ClF3N/c15-12-3-1-2-10(8-12)9-19-13-6-4-11(5-7-13)14(16,17)18/h4-7,10,12,19H,1-3,8-9H2. The van der Waals surface area contributed by atoms with Crippen LogP contribution >= 0.6 is 11.6 Å². The monoisotopic (exact) mass is 291 g/mol. The van der Waals surface area contributed by atoms with E-state index in [9.17, 15) is 13.2 Å². The van der Waals surface area contributed by atoms with Crippen molar-refractivity contribution in [3.63, 3.8) is 0 Å². The van der Waals surface area contributed by atoms with E-state index in [0.29, 0.717) is 5.92 Å². The molecule has 19 heavy (non-hydrogen) atoms. The summed E-state index contributed by atoms with van der Waals surface area (Å²) in [6, 6.07) is 5.16. The lowest BCUT2D eigenvalue weighted by atomic mass is 9.89. The number of rotatable bonds is 3. The van der Waals surface area contributed by atoms with Gasteiger partial charge in [0.05, 0.1) is 5.56 Å². The first-order chi connectivity index (χ1) is 8.95. The van der Waals surface area contributed by atoms with Gasteiger partial charge >= 0.3 is 6.18 Å². The summed E-state index contributed by atoms with van der Waals surface area (Å²) in [7, 11) is 0. The summed E-state index contributed by atoms with van der Waals surface area (Å²) in [5.41, 5.74) is 0.112. The van der Waals surface area contributed by atoms with E-state index in [2.05, 4.69) is 5.32 Å². The topological polar surface area (TPSA) is 12.0 Å². The Morgan fingerprint density at radius 1 is 1.16 bits per heavy atom. The zero-order valence-corrected chi connectivity index (χ0v) is 11.3. The fourth-order valence-corrected chi connectivity index (χ4v) is 2.86. The van der Waals surface area contributed by atoms with E-state index >= 15 is 0 Å². The van der Waals surface area contributed by atoms with Crippen LogP contribution in [0.3, 0.4) is 0 Å².